The number of ether oxygens (including phenoxy) is 1. The molecule has 0 N–H and O–H groups in total. The maximum absolute atomic E-state index is 12.9. The van der Waals surface area contributed by atoms with Crippen LogP contribution in [0.4, 0.5) is 0 Å². The van der Waals surface area contributed by atoms with E-state index in [0.717, 1.165) is 45.3 Å². The average Bonchev–Trinajstić information content (AvgIpc) is 2.70. The van der Waals surface area contributed by atoms with Gasteiger partial charge in [-0.05, 0) is 63.7 Å². The van der Waals surface area contributed by atoms with Crippen LogP contribution in [0, 0.1) is 18.8 Å². The van der Waals surface area contributed by atoms with Crippen LogP contribution >= 0.6 is 0 Å². The first kappa shape index (κ1) is 19.9. The molecule has 2 heterocycles. The third-order valence-electron chi connectivity index (χ3n) is 6.02. The summed E-state index contributed by atoms with van der Waals surface area (Å²) < 4.78 is 5.11. The molecule has 148 valence electrons. The Morgan fingerprint density at radius 2 is 1.63 bits per heavy atom. The van der Waals surface area contributed by atoms with Crippen molar-refractivity contribution in [2.75, 3.05) is 32.8 Å². The number of nitrogens with zero attached hydrogens (tertiary/aromatic N) is 2. The van der Waals surface area contributed by atoms with Crippen LogP contribution in [0.15, 0.2) is 24.3 Å². The van der Waals surface area contributed by atoms with Gasteiger partial charge in [-0.2, -0.15) is 0 Å². The van der Waals surface area contributed by atoms with Crippen molar-refractivity contribution in [1.82, 2.24) is 9.80 Å². The highest BCUT2D eigenvalue weighted by molar-refractivity contribution is 5.79. The summed E-state index contributed by atoms with van der Waals surface area (Å²) in [5.41, 5.74) is 2.71. The molecule has 0 radical (unpaired) electrons. The van der Waals surface area contributed by atoms with E-state index in [1.807, 2.05) is 11.8 Å². The third kappa shape index (κ3) is 5.10. The second-order valence-corrected chi connectivity index (χ2v) is 7.83. The van der Waals surface area contributed by atoms with Crippen molar-refractivity contribution in [2.24, 2.45) is 11.8 Å². The van der Waals surface area contributed by atoms with Gasteiger partial charge in [-0.1, -0.05) is 24.3 Å². The van der Waals surface area contributed by atoms with Crippen LogP contribution in [-0.4, -0.2) is 54.5 Å². The maximum atomic E-state index is 12.9. The Morgan fingerprint density at radius 1 is 1.00 bits per heavy atom. The van der Waals surface area contributed by atoms with E-state index in [2.05, 4.69) is 36.1 Å². The molecule has 0 unspecified atom stereocenters. The quantitative estimate of drug-likeness (QED) is 0.746. The van der Waals surface area contributed by atoms with Gasteiger partial charge in [-0.25, -0.2) is 0 Å². The van der Waals surface area contributed by atoms with Crippen molar-refractivity contribution in [3.63, 3.8) is 0 Å². The van der Waals surface area contributed by atoms with Crippen LogP contribution in [0.5, 0.6) is 0 Å². The SMILES string of the molecule is CCOC(=O)C1CCN(C(=O)C2CCN(Cc3ccccc3C)CC2)CC1. The molecular weight excluding hydrogens is 340 g/mol. The molecule has 27 heavy (non-hydrogen) atoms. The number of carbonyl (C=O) groups is 2. The van der Waals surface area contributed by atoms with E-state index in [1.54, 1.807) is 0 Å². The summed E-state index contributed by atoms with van der Waals surface area (Å²) in [6.45, 7) is 8.72. The van der Waals surface area contributed by atoms with Gasteiger partial charge in [-0.3, -0.25) is 14.5 Å². The Kier molecular flexibility index (Phi) is 6.89. The molecule has 0 aliphatic carbocycles. The lowest BCUT2D eigenvalue weighted by Gasteiger charge is -2.37. The maximum Gasteiger partial charge on any atom is 0.309 e. The number of esters is 1. The van der Waals surface area contributed by atoms with Crippen molar-refractivity contribution in [3.8, 4) is 0 Å². The van der Waals surface area contributed by atoms with Crippen molar-refractivity contribution >= 4 is 11.9 Å². The van der Waals surface area contributed by atoms with Crippen molar-refractivity contribution < 1.29 is 14.3 Å². The monoisotopic (exact) mass is 372 g/mol. The van der Waals surface area contributed by atoms with E-state index in [4.69, 9.17) is 4.74 Å². The molecule has 2 fully saturated rings. The summed E-state index contributed by atoms with van der Waals surface area (Å²) in [5.74, 6) is 0.282. The number of rotatable bonds is 5. The normalized spacial score (nSPS) is 19.9. The highest BCUT2D eigenvalue weighted by Gasteiger charge is 2.33. The Balaban J connectivity index is 1.44. The van der Waals surface area contributed by atoms with Gasteiger partial charge in [0.15, 0.2) is 0 Å². The Bertz CT molecular complexity index is 645. The number of carbonyl (C=O) groups excluding carboxylic acids is 2. The van der Waals surface area contributed by atoms with E-state index in [0.29, 0.717) is 19.7 Å². The summed E-state index contributed by atoms with van der Waals surface area (Å²) in [6.07, 6.45) is 3.33. The van der Waals surface area contributed by atoms with E-state index < -0.39 is 0 Å². The fourth-order valence-corrected chi connectivity index (χ4v) is 4.22. The lowest BCUT2D eigenvalue weighted by Crippen LogP contribution is -2.46. The van der Waals surface area contributed by atoms with Gasteiger partial charge in [0.25, 0.3) is 0 Å². The topological polar surface area (TPSA) is 49.9 Å². The van der Waals surface area contributed by atoms with Crippen LogP contribution in [0.3, 0.4) is 0 Å². The summed E-state index contributed by atoms with van der Waals surface area (Å²) in [7, 11) is 0. The van der Waals surface area contributed by atoms with E-state index in [9.17, 15) is 9.59 Å². The molecule has 5 heteroatoms. The predicted octanol–water partition coefficient (Wildman–Crippen LogP) is 3.01. The summed E-state index contributed by atoms with van der Waals surface area (Å²) in [6, 6.07) is 8.53. The average molecular weight is 373 g/mol. The molecule has 5 nitrogen and oxygen atoms in total. The van der Waals surface area contributed by atoms with Gasteiger partial charge < -0.3 is 9.64 Å². The zero-order valence-corrected chi connectivity index (χ0v) is 16.7. The van der Waals surface area contributed by atoms with Crippen LogP contribution in [-0.2, 0) is 20.9 Å². The molecule has 1 aromatic carbocycles. The first-order valence-corrected chi connectivity index (χ1v) is 10.3. The minimum atomic E-state index is -0.103. The van der Waals surface area contributed by atoms with Crippen LogP contribution in [0.25, 0.3) is 0 Å². The van der Waals surface area contributed by atoms with Gasteiger partial charge in [0, 0.05) is 25.6 Å². The highest BCUT2D eigenvalue weighted by Crippen LogP contribution is 2.25. The third-order valence-corrected chi connectivity index (χ3v) is 6.02. The Labute approximate surface area is 162 Å². The minimum Gasteiger partial charge on any atom is -0.466 e. The predicted molar refractivity (Wildman–Crippen MR) is 105 cm³/mol. The zero-order chi connectivity index (χ0) is 19.2. The molecule has 0 saturated carbocycles. The first-order chi connectivity index (χ1) is 13.1. The van der Waals surface area contributed by atoms with Crippen molar-refractivity contribution in [1.29, 1.82) is 0 Å². The van der Waals surface area contributed by atoms with Gasteiger partial charge in [0.2, 0.25) is 5.91 Å². The highest BCUT2D eigenvalue weighted by atomic mass is 16.5. The second kappa shape index (κ2) is 9.36. The molecule has 0 aromatic heterocycles. The smallest absolute Gasteiger partial charge is 0.309 e. The molecular formula is C22H32N2O3. The van der Waals surface area contributed by atoms with Crippen molar-refractivity contribution in [2.45, 2.75) is 46.1 Å². The first-order valence-electron chi connectivity index (χ1n) is 10.3. The van der Waals surface area contributed by atoms with Gasteiger partial charge >= 0.3 is 5.97 Å². The van der Waals surface area contributed by atoms with E-state index >= 15 is 0 Å². The molecule has 0 bridgehead atoms. The molecule has 3 rings (SSSR count). The Morgan fingerprint density at radius 3 is 2.26 bits per heavy atom. The van der Waals surface area contributed by atoms with Crippen LogP contribution in [0.2, 0.25) is 0 Å². The molecule has 2 saturated heterocycles. The zero-order valence-electron chi connectivity index (χ0n) is 16.7. The van der Waals surface area contributed by atoms with Gasteiger partial charge in [-0.15, -0.1) is 0 Å². The fourth-order valence-electron chi connectivity index (χ4n) is 4.22. The lowest BCUT2D eigenvalue weighted by molar-refractivity contribution is -0.152. The minimum absolute atomic E-state index is 0.0371. The number of hydrogen-bond donors (Lipinski definition) is 0. The number of hydrogen-bond acceptors (Lipinski definition) is 4. The standard InChI is InChI=1S/C22H32N2O3/c1-3-27-22(26)19-10-14-24(15-11-19)21(25)18-8-12-23(13-9-18)16-20-7-5-4-6-17(20)2/h4-7,18-19H,3,8-16H2,1-2H3. The molecule has 1 amide bonds. The number of aryl methyl sites for hydroxylation is 1. The van der Waals surface area contributed by atoms with Gasteiger partial charge in [0.05, 0.1) is 12.5 Å². The van der Waals surface area contributed by atoms with Crippen LogP contribution < -0.4 is 0 Å². The number of amides is 1. The molecule has 1 aromatic rings. The summed E-state index contributed by atoms with van der Waals surface area (Å²) >= 11 is 0. The fraction of sp³-hybridized carbons (Fsp3) is 0.636. The molecule has 2 aliphatic rings. The summed E-state index contributed by atoms with van der Waals surface area (Å²) in [5, 5.41) is 0. The molecule has 0 spiro atoms. The number of likely N-dealkylation sites (tertiary alicyclic amines) is 2. The Hall–Kier alpha value is -1.88. The van der Waals surface area contributed by atoms with Crippen LogP contribution in [0.1, 0.15) is 43.7 Å². The molecule has 2 aliphatic heterocycles. The second-order valence-electron chi connectivity index (χ2n) is 7.83. The largest absolute Gasteiger partial charge is 0.466 e. The van der Waals surface area contributed by atoms with Crippen molar-refractivity contribution in [3.05, 3.63) is 35.4 Å². The number of piperidine rings is 2. The number of benzene rings is 1. The van der Waals surface area contributed by atoms with Gasteiger partial charge in [0.1, 0.15) is 0 Å². The summed E-state index contributed by atoms with van der Waals surface area (Å²) in [4.78, 5) is 29.1. The van der Waals surface area contributed by atoms with E-state index in [1.165, 1.54) is 11.1 Å². The lowest BCUT2D eigenvalue weighted by atomic mass is 9.92. The molecule has 0 atom stereocenters. The van der Waals surface area contributed by atoms with E-state index in [-0.39, 0.29) is 23.7 Å².